The number of fused-ring (bicyclic) bond motifs is 2. The molecule has 8 nitrogen and oxygen atoms in total. The van der Waals surface area contributed by atoms with Crippen LogP contribution in [-0.2, 0) is 18.9 Å². The maximum absolute atomic E-state index is 11.3. The highest BCUT2D eigenvalue weighted by molar-refractivity contribution is 5.21. The third-order valence-corrected chi connectivity index (χ3v) is 9.48. The zero-order chi connectivity index (χ0) is 22.1. The molecule has 0 amide bonds. The molecule has 4 fully saturated rings. The zero-order valence-corrected chi connectivity index (χ0v) is 18.7. The van der Waals surface area contributed by atoms with Crippen LogP contribution in [0.2, 0.25) is 0 Å². The molecule has 2 aliphatic heterocycles. The number of ether oxygens (including phenoxy) is 4. The van der Waals surface area contributed by atoms with Crippen molar-refractivity contribution in [1.29, 1.82) is 0 Å². The van der Waals surface area contributed by atoms with Crippen molar-refractivity contribution in [2.24, 2.45) is 22.7 Å². The van der Waals surface area contributed by atoms with E-state index in [1.54, 1.807) is 0 Å². The molecule has 174 valence electrons. The van der Waals surface area contributed by atoms with Crippen molar-refractivity contribution in [3.63, 3.8) is 0 Å². The lowest BCUT2D eigenvalue weighted by Gasteiger charge is -2.62. The van der Waals surface area contributed by atoms with Crippen molar-refractivity contribution < 1.29 is 39.4 Å². The summed E-state index contributed by atoms with van der Waals surface area (Å²) in [6, 6.07) is 0. The van der Waals surface area contributed by atoms with E-state index in [-0.39, 0.29) is 23.2 Å². The van der Waals surface area contributed by atoms with E-state index in [1.165, 1.54) is 14.2 Å². The van der Waals surface area contributed by atoms with Gasteiger partial charge in [-0.3, -0.25) is 0 Å². The first-order chi connectivity index (χ1) is 14.0. The molecule has 2 saturated carbocycles. The molecule has 0 radical (unpaired) electrons. The molecule has 11 atom stereocenters. The normalized spacial score (nSPS) is 58.1. The highest BCUT2D eigenvalue weighted by Crippen LogP contribution is 2.68. The quantitative estimate of drug-likeness (QED) is 0.473. The Balaban J connectivity index is 1.61. The van der Waals surface area contributed by atoms with Crippen molar-refractivity contribution in [3.05, 3.63) is 0 Å². The Kier molecular flexibility index (Phi) is 5.60. The van der Waals surface area contributed by atoms with Gasteiger partial charge in [0.2, 0.25) is 0 Å². The summed E-state index contributed by atoms with van der Waals surface area (Å²) >= 11 is 0. The Labute approximate surface area is 178 Å². The maximum Gasteiger partial charge on any atom is 0.191 e. The highest BCUT2D eigenvalue weighted by Gasteiger charge is 2.73. The summed E-state index contributed by atoms with van der Waals surface area (Å²) < 4.78 is 21.9. The molecule has 1 spiro atoms. The fourth-order valence-electron chi connectivity index (χ4n) is 7.01. The lowest BCUT2D eigenvalue weighted by Crippen LogP contribution is -2.65. The van der Waals surface area contributed by atoms with Gasteiger partial charge < -0.3 is 39.4 Å². The van der Waals surface area contributed by atoms with Crippen molar-refractivity contribution in [1.82, 2.24) is 0 Å². The molecular weight excluding hydrogens is 392 g/mol. The van der Waals surface area contributed by atoms with Crippen molar-refractivity contribution in [2.75, 3.05) is 20.8 Å². The summed E-state index contributed by atoms with van der Waals surface area (Å²) in [7, 11) is 2.86. The van der Waals surface area contributed by atoms with E-state index in [1.807, 2.05) is 0 Å². The fraction of sp³-hybridized carbons (Fsp3) is 1.00. The summed E-state index contributed by atoms with van der Waals surface area (Å²) in [5, 5.41) is 43.4. The average molecular weight is 431 g/mol. The standard InChI is InChI=1S/C22H38O8/c1-12-6-7-20(3)14(10-13(23)15(24)22(20)11-29-22)19(12,2)8-9-21(26)16(25)17(27-4)30-18(21)28-5/h12-18,23-26H,6-11H2,1-5H3. The number of rotatable bonds is 5. The summed E-state index contributed by atoms with van der Waals surface area (Å²) in [6.45, 7) is 7.09. The lowest BCUT2D eigenvalue weighted by molar-refractivity contribution is -0.225. The Morgan fingerprint density at radius 3 is 2.27 bits per heavy atom. The van der Waals surface area contributed by atoms with Crippen LogP contribution in [0, 0.1) is 22.7 Å². The largest absolute Gasteiger partial charge is 0.390 e. The molecule has 30 heavy (non-hydrogen) atoms. The predicted molar refractivity (Wildman–Crippen MR) is 106 cm³/mol. The van der Waals surface area contributed by atoms with Gasteiger partial charge in [0, 0.05) is 19.6 Å². The van der Waals surface area contributed by atoms with E-state index in [0.717, 1.165) is 12.8 Å². The van der Waals surface area contributed by atoms with Crippen molar-refractivity contribution >= 4 is 0 Å². The highest BCUT2D eigenvalue weighted by atomic mass is 16.8. The minimum absolute atomic E-state index is 0.108. The Hall–Kier alpha value is -0.320. The van der Waals surface area contributed by atoms with Gasteiger partial charge in [-0.05, 0) is 49.4 Å². The van der Waals surface area contributed by atoms with Crippen molar-refractivity contribution in [2.45, 2.75) is 95.0 Å². The summed E-state index contributed by atoms with van der Waals surface area (Å²) in [5.74, 6) is 0.452. The Morgan fingerprint density at radius 1 is 1.03 bits per heavy atom. The minimum Gasteiger partial charge on any atom is -0.390 e. The second-order valence-electron chi connectivity index (χ2n) is 10.6. The molecular formula is C22H38O8. The van der Waals surface area contributed by atoms with Gasteiger partial charge in [-0.2, -0.15) is 0 Å². The van der Waals surface area contributed by atoms with Crippen LogP contribution in [-0.4, -0.2) is 83.3 Å². The second kappa shape index (κ2) is 7.35. The molecule has 0 aromatic rings. The number of hydrogen-bond acceptors (Lipinski definition) is 8. The van der Waals surface area contributed by atoms with Gasteiger partial charge in [0.05, 0.1) is 12.7 Å². The number of aliphatic hydroxyl groups excluding tert-OH is 3. The third-order valence-electron chi connectivity index (χ3n) is 9.48. The average Bonchev–Trinajstić information content (AvgIpc) is 3.49. The Bertz CT molecular complexity index is 651. The van der Waals surface area contributed by atoms with Crippen molar-refractivity contribution in [3.8, 4) is 0 Å². The molecule has 4 N–H and O–H groups in total. The van der Waals surface area contributed by atoms with Gasteiger partial charge in [0.15, 0.2) is 12.6 Å². The van der Waals surface area contributed by atoms with Gasteiger partial charge >= 0.3 is 0 Å². The molecule has 0 aromatic carbocycles. The lowest BCUT2D eigenvalue weighted by atomic mass is 9.43. The smallest absolute Gasteiger partial charge is 0.191 e. The Morgan fingerprint density at radius 2 is 1.70 bits per heavy atom. The number of methoxy groups -OCH3 is 2. The predicted octanol–water partition coefficient (Wildman–Crippen LogP) is 0.787. The molecule has 8 heteroatoms. The van der Waals surface area contributed by atoms with E-state index < -0.39 is 42.1 Å². The third kappa shape index (κ3) is 2.88. The van der Waals surface area contributed by atoms with Crippen LogP contribution in [0.25, 0.3) is 0 Å². The zero-order valence-electron chi connectivity index (χ0n) is 18.7. The van der Waals surface area contributed by atoms with E-state index in [0.29, 0.717) is 25.4 Å². The maximum atomic E-state index is 11.3. The van der Waals surface area contributed by atoms with Gasteiger partial charge in [0.1, 0.15) is 23.4 Å². The van der Waals surface area contributed by atoms with Crippen LogP contribution in [0.1, 0.15) is 52.9 Å². The molecule has 2 aliphatic carbocycles. The van der Waals surface area contributed by atoms with Gasteiger partial charge in [-0.15, -0.1) is 0 Å². The first-order valence-corrected chi connectivity index (χ1v) is 11.1. The molecule has 0 aromatic heterocycles. The molecule has 4 rings (SSSR count). The summed E-state index contributed by atoms with van der Waals surface area (Å²) in [6.07, 6.45) is -1.57. The van der Waals surface area contributed by atoms with Gasteiger partial charge in [-0.1, -0.05) is 20.8 Å². The van der Waals surface area contributed by atoms with Gasteiger partial charge in [-0.25, -0.2) is 0 Å². The number of epoxide rings is 1. The summed E-state index contributed by atoms with van der Waals surface area (Å²) in [4.78, 5) is 0. The van der Waals surface area contributed by atoms with E-state index in [4.69, 9.17) is 18.9 Å². The molecule has 11 unspecified atom stereocenters. The van der Waals surface area contributed by atoms with Crippen LogP contribution in [0.4, 0.5) is 0 Å². The van der Waals surface area contributed by atoms with E-state index >= 15 is 0 Å². The van der Waals surface area contributed by atoms with E-state index in [9.17, 15) is 20.4 Å². The van der Waals surface area contributed by atoms with E-state index in [2.05, 4.69) is 20.8 Å². The van der Waals surface area contributed by atoms with Gasteiger partial charge in [0.25, 0.3) is 0 Å². The molecule has 0 bridgehead atoms. The van der Waals surface area contributed by atoms with Crippen LogP contribution >= 0.6 is 0 Å². The monoisotopic (exact) mass is 430 g/mol. The first-order valence-electron chi connectivity index (χ1n) is 11.1. The van der Waals surface area contributed by atoms with Crippen LogP contribution in [0.3, 0.4) is 0 Å². The summed E-state index contributed by atoms with van der Waals surface area (Å²) in [5.41, 5.74) is -2.76. The topological polar surface area (TPSA) is 121 Å². The SMILES string of the molecule is COC1OC(OC)C(O)(CCC2(C)C(C)CCC3(C)C2CC(O)C(O)C32CO2)C1O. The molecule has 2 saturated heterocycles. The molecule has 4 aliphatic rings. The minimum atomic E-state index is -1.59. The second-order valence-corrected chi connectivity index (χ2v) is 10.6. The number of aliphatic hydroxyl groups is 4. The number of hydrogen-bond donors (Lipinski definition) is 4. The van der Waals surface area contributed by atoms with Crippen LogP contribution in [0.15, 0.2) is 0 Å². The fourth-order valence-corrected chi connectivity index (χ4v) is 7.01. The molecule has 2 heterocycles. The first kappa shape index (κ1) is 22.9. The van der Waals surface area contributed by atoms with Crippen LogP contribution < -0.4 is 0 Å². The van der Waals surface area contributed by atoms with Crippen LogP contribution in [0.5, 0.6) is 0 Å².